The number of nitrogens with zero attached hydrogens (tertiary/aromatic N) is 2. The maximum Gasteiger partial charge on any atom is 0.231 e. The molecule has 1 amide bonds. The highest BCUT2D eigenvalue weighted by atomic mass is 16.7. The van der Waals surface area contributed by atoms with Crippen molar-refractivity contribution in [2.75, 3.05) is 21.0 Å². The molecule has 8 heteroatoms. The first-order valence-corrected chi connectivity index (χ1v) is 9.95. The summed E-state index contributed by atoms with van der Waals surface area (Å²) in [5, 5.41) is 4.17. The molecule has 2 heterocycles. The third-order valence-electron chi connectivity index (χ3n) is 5.05. The third-order valence-corrected chi connectivity index (χ3v) is 5.05. The van der Waals surface area contributed by atoms with Gasteiger partial charge in [-0.25, -0.2) is 0 Å². The number of benzene rings is 2. The summed E-state index contributed by atoms with van der Waals surface area (Å²) in [7, 11) is 3.19. The number of ether oxygens (including phenoxy) is 4. The minimum atomic E-state index is 0.0150. The normalized spacial score (nSPS) is 12.0. The van der Waals surface area contributed by atoms with Gasteiger partial charge in [-0.05, 0) is 35.9 Å². The Bertz CT molecular complexity index is 1080. The Morgan fingerprint density at radius 1 is 1.03 bits per heavy atom. The van der Waals surface area contributed by atoms with E-state index in [0.717, 1.165) is 11.1 Å². The van der Waals surface area contributed by atoms with E-state index in [1.807, 2.05) is 49.4 Å². The van der Waals surface area contributed by atoms with Crippen LogP contribution in [0.15, 0.2) is 47.0 Å². The molecule has 31 heavy (non-hydrogen) atoms. The van der Waals surface area contributed by atoms with E-state index in [2.05, 4.69) is 5.16 Å². The van der Waals surface area contributed by atoms with Gasteiger partial charge in [0, 0.05) is 19.0 Å². The lowest BCUT2D eigenvalue weighted by molar-refractivity contribution is -0.132. The fraction of sp³-hybridized carbons (Fsp3) is 0.304. The van der Waals surface area contributed by atoms with Crippen molar-refractivity contribution < 1.29 is 28.3 Å². The van der Waals surface area contributed by atoms with E-state index >= 15 is 0 Å². The highest BCUT2D eigenvalue weighted by Crippen LogP contribution is 2.35. The average molecular weight is 424 g/mol. The first kappa shape index (κ1) is 20.6. The highest BCUT2D eigenvalue weighted by Gasteiger charge is 2.20. The molecule has 2 aromatic carbocycles. The molecule has 0 spiro atoms. The van der Waals surface area contributed by atoms with Crippen LogP contribution >= 0.6 is 0 Å². The highest BCUT2D eigenvalue weighted by molar-refractivity contribution is 5.76. The van der Waals surface area contributed by atoms with Crippen molar-refractivity contribution >= 4 is 5.91 Å². The lowest BCUT2D eigenvalue weighted by atomic mass is 10.1. The number of fused-ring (bicyclic) bond motifs is 1. The molecule has 3 aromatic rings. The van der Waals surface area contributed by atoms with Gasteiger partial charge >= 0.3 is 0 Å². The van der Waals surface area contributed by atoms with Crippen molar-refractivity contribution in [1.82, 2.24) is 10.1 Å². The zero-order valence-electron chi connectivity index (χ0n) is 17.7. The van der Waals surface area contributed by atoms with Crippen LogP contribution in [0.1, 0.15) is 24.6 Å². The molecule has 0 N–H and O–H groups in total. The minimum absolute atomic E-state index is 0.0150. The number of carbonyl (C=O) groups is 1. The molecule has 1 aromatic heterocycles. The van der Waals surface area contributed by atoms with E-state index in [9.17, 15) is 4.79 Å². The first-order valence-electron chi connectivity index (χ1n) is 9.95. The number of hydrogen-bond donors (Lipinski definition) is 0. The number of amides is 1. The van der Waals surface area contributed by atoms with Gasteiger partial charge in [0.25, 0.3) is 0 Å². The monoisotopic (exact) mass is 424 g/mol. The summed E-state index contributed by atoms with van der Waals surface area (Å²) in [5.74, 6) is 3.28. The Hall–Kier alpha value is -3.68. The van der Waals surface area contributed by atoms with Gasteiger partial charge in [-0.1, -0.05) is 18.1 Å². The van der Waals surface area contributed by atoms with Crippen molar-refractivity contribution in [3.8, 4) is 34.3 Å². The Balaban J connectivity index is 1.55. The molecule has 8 nitrogen and oxygen atoms in total. The molecule has 1 aliphatic rings. The van der Waals surface area contributed by atoms with Gasteiger partial charge in [0.15, 0.2) is 17.3 Å². The Kier molecular flexibility index (Phi) is 5.97. The van der Waals surface area contributed by atoms with Gasteiger partial charge in [0.2, 0.25) is 12.7 Å². The van der Waals surface area contributed by atoms with Crippen molar-refractivity contribution in [3.05, 3.63) is 53.7 Å². The fourth-order valence-corrected chi connectivity index (χ4v) is 3.43. The van der Waals surface area contributed by atoms with Crippen LogP contribution in [-0.4, -0.2) is 37.0 Å². The number of hydrogen-bond acceptors (Lipinski definition) is 7. The van der Waals surface area contributed by atoms with Crippen LogP contribution in [0.25, 0.3) is 11.3 Å². The second kappa shape index (κ2) is 8.99. The van der Waals surface area contributed by atoms with Gasteiger partial charge in [0.05, 0.1) is 26.3 Å². The summed E-state index contributed by atoms with van der Waals surface area (Å²) in [6.45, 7) is 2.79. The molecule has 0 aliphatic carbocycles. The Morgan fingerprint density at radius 2 is 1.87 bits per heavy atom. The number of methoxy groups -OCH3 is 2. The Morgan fingerprint density at radius 3 is 2.65 bits per heavy atom. The van der Waals surface area contributed by atoms with Gasteiger partial charge < -0.3 is 28.4 Å². The molecule has 0 saturated carbocycles. The SMILES string of the molecule is CCC(=O)N(Cc1ccc2c(c1)OCO2)Cc1cc(-c2cc(OC)ccc2OC)on1. The number of carbonyl (C=O) groups excluding carboxylic acids is 1. The van der Waals surface area contributed by atoms with Crippen LogP contribution in [0.5, 0.6) is 23.0 Å². The lowest BCUT2D eigenvalue weighted by Gasteiger charge is -2.21. The molecule has 0 radical (unpaired) electrons. The summed E-state index contributed by atoms with van der Waals surface area (Å²) in [4.78, 5) is 14.3. The smallest absolute Gasteiger partial charge is 0.231 e. The van der Waals surface area contributed by atoms with Crippen LogP contribution < -0.4 is 18.9 Å². The molecule has 1 aliphatic heterocycles. The number of rotatable bonds is 8. The van der Waals surface area contributed by atoms with Gasteiger partial charge in [-0.3, -0.25) is 4.79 Å². The molecule has 162 valence electrons. The topological polar surface area (TPSA) is 83.3 Å². The predicted octanol–water partition coefficient (Wildman–Crippen LogP) is 4.03. The van der Waals surface area contributed by atoms with Crippen molar-refractivity contribution in [2.45, 2.75) is 26.4 Å². The average Bonchev–Trinajstić information content (AvgIpc) is 3.46. The van der Waals surface area contributed by atoms with E-state index in [4.69, 9.17) is 23.5 Å². The van der Waals surface area contributed by atoms with Crippen LogP contribution in [-0.2, 0) is 17.9 Å². The van der Waals surface area contributed by atoms with E-state index < -0.39 is 0 Å². The van der Waals surface area contributed by atoms with E-state index in [0.29, 0.717) is 54.0 Å². The molecule has 0 saturated heterocycles. The van der Waals surface area contributed by atoms with Crippen molar-refractivity contribution in [2.24, 2.45) is 0 Å². The maximum atomic E-state index is 12.6. The second-order valence-electron chi connectivity index (χ2n) is 7.04. The van der Waals surface area contributed by atoms with E-state index in [1.165, 1.54) is 0 Å². The Labute approximate surface area is 180 Å². The second-order valence-corrected chi connectivity index (χ2v) is 7.04. The number of aromatic nitrogens is 1. The molecular formula is C23H24N2O6. The van der Waals surface area contributed by atoms with Crippen molar-refractivity contribution in [3.63, 3.8) is 0 Å². The zero-order chi connectivity index (χ0) is 21.8. The van der Waals surface area contributed by atoms with E-state index in [-0.39, 0.29) is 12.7 Å². The minimum Gasteiger partial charge on any atom is -0.497 e. The van der Waals surface area contributed by atoms with Crippen LogP contribution in [0, 0.1) is 0 Å². The van der Waals surface area contributed by atoms with Crippen LogP contribution in [0.3, 0.4) is 0 Å². The maximum absolute atomic E-state index is 12.6. The zero-order valence-corrected chi connectivity index (χ0v) is 17.7. The summed E-state index contributed by atoms with van der Waals surface area (Å²) in [6, 6.07) is 12.9. The van der Waals surface area contributed by atoms with Gasteiger partial charge in [-0.2, -0.15) is 0 Å². The largest absolute Gasteiger partial charge is 0.497 e. The molecule has 0 atom stereocenters. The first-order chi connectivity index (χ1) is 15.1. The van der Waals surface area contributed by atoms with Crippen molar-refractivity contribution in [1.29, 1.82) is 0 Å². The van der Waals surface area contributed by atoms with E-state index in [1.54, 1.807) is 19.1 Å². The van der Waals surface area contributed by atoms with Gasteiger partial charge in [-0.15, -0.1) is 0 Å². The third kappa shape index (κ3) is 4.42. The summed E-state index contributed by atoms with van der Waals surface area (Å²) >= 11 is 0. The molecular weight excluding hydrogens is 400 g/mol. The standard InChI is InChI=1S/C23H24N2O6/c1-4-23(26)25(12-15-5-7-20-22(9-15)30-14-29-20)13-16-10-21(31-24-16)18-11-17(27-2)6-8-19(18)28-3/h5-11H,4,12-14H2,1-3H3. The van der Waals surface area contributed by atoms with Gasteiger partial charge in [0.1, 0.15) is 17.2 Å². The predicted molar refractivity (Wildman–Crippen MR) is 112 cm³/mol. The summed E-state index contributed by atoms with van der Waals surface area (Å²) < 4.78 is 27.1. The molecule has 0 bridgehead atoms. The molecule has 0 fully saturated rings. The molecule has 4 rings (SSSR count). The van der Waals surface area contributed by atoms with Crippen LogP contribution in [0.4, 0.5) is 0 Å². The summed E-state index contributed by atoms with van der Waals surface area (Å²) in [5.41, 5.74) is 2.32. The van der Waals surface area contributed by atoms with Crippen LogP contribution in [0.2, 0.25) is 0 Å². The summed E-state index contributed by atoms with van der Waals surface area (Å²) in [6.07, 6.45) is 0.388. The molecule has 0 unspecified atom stereocenters. The lowest BCUT2D eigenvalue weighted by Crippen LogP contribution is -2.29. The fourth-order valence-electron chi connectivity index (χ4n) is 3.43. The quantitative estimate of drug-likeness (QED) is 0.540.